The van der Waals surface area contributed by atoms with Crippen LogP contribution in [0.5, 0.6) is 0 Å². The standard InChI is InChI=1S/C11H10BrN5O3/c1-7-9(17(19)20)5-16(15-7)6-11(18)14-10-3-2-8(12)4-13-10/h2-5H,6H2,1H3,(H,13,14,18). The Labute approximate surface area is 122 Å². The number of carbonyl (C=O) groups is 1. The van der Waals surface area contributed by atoms with E-state index in [0.717, 1.165) is 4.47 Å². The molecule has 2 aromatic heterocycles. The highest BCUT2D eigenvalue weighted by atomic mass is 79.9. The van der Waals surface area contributed by atoms with Gasteiger partial charge in [-0.05, 0) is 35.0 Å². The van der Waals surface area contributed by atoms with E-state index in [1.54, 1.807) is 18.3 Å². The maximum atomic E-state index is 11.8. The first-order chi connectivity index (χ1) is 9.45. The van der Waals surface area contributed by atoms with E-state index in [1.807, 2.05) is 0 Å². The summed E-state index contributed by atoms with van der Waals surface area (Å²) in [5.41, 5.74) is 0.157. The van der Waals surface area contributed by atoms with Crippen molar-refractivity contribution in [3.63, 3.8) is 0 Å². The Balaban J connectivity index is 2.03. The van der Waals surface area contributed by atoms with Crippen molar-refractivity contribution in [2.24, 2.45) is 0 Å². The van der Waals surface area contributed by atoms with Gasteiger partial charge in [-0.1, -0.05) is 0 Å². The number of nitrogens with one attached hydrogen (secondary N) is 1. The Morgan fingerprint density at radius 2 is 2.30 bits per heavy atom. The topological polar surface area (TPSA) is 103 Å². The average molecular weight is 340 g/mol. The van der Waals surface area contributed by atoms with Gasteiger partial charge in [-0.2, -0.15) is 5.10 Å². The SMILES string of the molecule is Cc1nn(CC(=O)Nc2ccc(Br)cn2)cc1[N+](=O)[O-]. The minimum absolute atomic E-state index is 0.112. The largest absolute Gasteiger partial charge is 0.309 e. The zero-order chi connectivity index (χ0) is 14.7. The van der Waals surface area contributed by atoms with Crippen molar-refractivity contribution in [1.82, 2.24) is 14.8 Å². The van der Waals surface area contributed by atoms with Crippen LogP contribution in [-0.4, -0.2) is 25.6 Å². The molecule has 1 N–H and O–H groups in total. The number of rotatable bonds is 4. The zero-order valence-electron chi connectivity index (χ0n) is 10.4. The molecule has 2 heterocycles. The van der Waals surface area contributed by atoms with E-state index < -0.39 is 4.92 Å². The molecule has 20 heavy (non-hydrogen) atoms. The van der Waals surface area contributed by atoms with E-state index >= 15 is 0 Å². The third-order valence-corrected chi connectivity index (χ3v) is 2.89. The molecule has 104 valence electrons. The molecule has 0 aliphatic rings. The summed E-state index contributed by atoms with van der Waals surface area (Å²) >= 11 is 3.24. The fraction of sp³-hybridized carbons (Fsp3) is 0.182. The van der Waals surface area contributed by atoms with Gasteiger partial charge in [0, 0.05) is 10.7 Å². The van der Waals surface area contributed by atoms with Crippen LogP contribution >= 0.6 is 15.9 Å². The number of nitro groups is 1. The number of pyridine rings is 1. The van der Waals surface area contributed by atoms with Gasteiger partial charge in [0.15, 0.2) is 0 Å². The van der Waals surface area contributed by atoms with Crippen LogP contribution in [0.1, 0.15) is 5.69 Å². The Morgan fingerprint density at radius 1 is 1.55 bits per heavy atom. The number of nitrogens with zero attached hydrogens (tertiary/aromatic N) is 4. The molecule has 2 rings (SSSR count). The van der Waals surface area contributed by atoms with E-state index in [4.69, 9.17) is 0 Å². The Morgan fingerprint density at radius 3 is 2.85 bits per heavy atom. The van der Waals surface area contributed by atoms with E-state index in [2.05, 4.69) is 31.3 Å². The maximum Gasteiger partial charge on any atom is 0.309 e. The third kappa shape index (κ3) is 3.38. The molecular weight excluding hydrogens is 330 g/mol. The second-order valence-corrected chi connectivity index (χ2v) is 4.88. The lowest BCUT2D eigenvalue weighted by molar-refractivity contribution is -0.385. The minimum atomic E-state index is -0.535. The van der Waals surface area contributed by atoms with Gasteiger partial charge in [-0.15, -0.1) is 0 Å². The van der Waals surface area contributed by atoms with E-state index in [9.17, 15) is 14.9 Å². The summed E-state index contributed by atoms with van der Waals surface area (Å²) in [6, 6.07) is 3.38. The summed E-state index contributed by atoms with van der Waals surface area (Å²) in [6.07, 6.45) is 2.78. The Bertz CT molecular complexity index is 653. The summed E-state index contributed by atoms with van der Waals surface area (Å²) < 4.78 is 2.02. The first kappa shape index (κ1) is 14.1. The van der Waals surface area contributed by atoms with Crippen LogP contribution in [0.15, 0.2) is 29.0 Å². The number of anilines is 1. The van der Waals surface area contributed by atoms with Crippen molar-refractivity contribution in [3.05, 3.63) is 44.8 Å². The van der Waals surface area contributed by atoms with Crippen molar-refractivity contribution in [2.75, 3.05) is 5.32 Å². The molecule has 0 unspecified atom stereocenters. The Hall–Kier alpha value is -2.29. The molecule has 0 radical (unpaired) electrons. The number of halogens is 1. The van der Waals surface area contributed by atoms with Crippen LogP contribution in [0.4, 0.5) is 11.5 Å². The second-order valence-electron chi connectivity index (χ2n) is 3.96. The normalized spacial score (nSPS) is 10.3. The molecule has 1 amide bonds. The molecule has 0 aromatic carbocycles. The van der Waals surface area contributed by atoms with Crippen molar-refractivity contribution in [3.8, 4) is 0 Å². The number of hydrogen-bond donors (Lipinski definition) is 1. The second kappa shape index (κ2) is 5.78. The predicted octanol–water partition coefficient (Wildman–Crippen LogP) is 1.90. The summed E-state index contributed by atoms with van der Waals surface area (Å²) in [7, 11) is 0. The molecule has 0 aliphatic heterocycles. The van der Waals surface area contributed by atoms with E-state index in [0.29, 0.717) is 5.82 Å². The fourth-order valence-electron chi connectivity index (χ4n) is 1.55. The highest BCUT2D eigenvalue weighted by Gasteiger charge is 2.16. The lowest BCUT2D eigenvalue weighted by Crippen LogP contribution is -2.19. The van der Waals surface area contributed by atoms with Crippen molar-refractivity contribution >= 4 is 33.3 Å². The zero-order valence-corrected chi connectivity index (χ0v) is 12.0. The lowest BCUT2D eigenvalue weighted by atomic mass is 10.4. The Kier molecular flexibility index (Phi) is 4.08. The third-order valence-electron chi connectivity index (χ3n) is 2.42. The predicted molar refractivity (Wildman–Crippen MR) is 74.2 cm³/mol. The van der Waals surface area contributed by atoms with Crippen molar-refractivity contribution in [1.29, 1.82) is 0 Å². The molecule has 0 fully saturated rings. The molecule has 0 atom stereocenters. The number of amides is 1. The van der Waals surface area contributed by atoms with Crippen LogP contribution < -0.4 is 5.32 Å². The molecule has 0 spiro atoms. The summed E-state index contributed by atoms with van der Waals surface area (Å²) in [5, 5.41) is 17.2. The number of aromatic nitrogens is 3. The molecule has 9 heteroatoms. The van der Waals surface area contributed by atoms with Gasteiger partial charge in [-0.25, -0.2) is 4.98 Å². The van der Waals surface area contributed by atoms with Crippen LogP contribution in [0.3, 0.4) is 0 Å². The monoisotopic (exact) mass is 339 g/mol. The highest BCUT2D eigenvalue weighted by Crippen LogP contribution is 2.15. The molecular formula is C11H10BrN5O3. The van der Waals surface area contributed by atoms with E-state index in [-0.39, 0.29) is 23.8 Å². The van der Waals surface area contributed by atoms with Gasteiger partial charge in [0.05, 0.1) is 4.92 Å². The van der Waals surface area contributed by atoms with Gasteiger partial charge in [0.1, 0.15) is 24.3 Å². The number of carbonyl (C=O) groups excluding carboxylic acids is 1. The average Bonchev–Trinajstić information content (AvgIpc) is 2.73. The molecule has 2 aromatic rings. The molecule has 0 saturated heterocycles. The van der Waals surface area contributed by atoms with Crippen LogP contribution in [-0.2, 0) is 11.3 Å². The van der Waals surface area contributed by atoms with Crippen LogP contribution in [0.25, 0.3) is 0 Å². The van der Waals surface area contributed by atoms with Crippen molar-refractivity contribution < 1.29 is 9.72 Å². The quantitative estimate of drug-likeness (QED) is 0.676. The summed E-state index contributed by atoms with van der Waals surface area (Å²) in [4.78, 5) is 25.9. The summed E-state index contributed by atoms with van der Waals surface area (Å²) in [5.74, 6) is 0.0359. The van der Waals surface area contributed by atoms with Crippen molar-refractivity contribution in [2.45, 2.75) is 13.5 Å². The van der Waals surface area contributed by atoms with Gasteiger partial charge >= 0.3 is 5.69 Å². The molecule has 0 bridgehead atoms. The fourth-order valence-corrected chi connectivity index (χ4v) is 1.78. The molecule has 0 aliphatic carbocycles. The first-order valence-corrected chi connectivity index (χ1v) is 6.35. The smallest absolute Gasteiger partial charge is 0.309 e. The van der Waals surface area contributed by atoms with Gasteiger partial charge < -0.3 is 5.32 Å². The van der Waals surface area contributed by atoms with Crippen LogP contribution in [0.2, 0.25) is 0 Å². The van der Waals surface area contributed by atoms with Crippen LogP contribution in [0, 0.1) is 17.0 Å². The number of aryl methyl sites for hydroxylation is 1. The lowest BCUT2D eigenvalue weighted by Gasteiger charge is -2.04. The van der Waals surface area contributed by atoms with Gasteiger partial charge in [-0.3, -0.25) is 19.6 Å². The number of hydrogen-bond acceptors (Lipinski definition) is 5. The molecule has 0 saturated carbocycles. The highest BCUT2D eigenvalue weighted by molar-refractivity contribution is 9.10. The van der Waals surface area contributed by atoms with Gasteiger partial charge in [0.25, 0.3) is 0 Å². The first-order valence-electron chi connectivity index (χ1n) is 5.55. The maximum absolute atomic E-state index is 11.8. The van der Waals surface area contributed by atoms with Gasteiger partial charge in [0.2, 0.25) is 5.91 Å². The summed E-state index contributed by atoms with van der Waals surface area (Å²) in [6.45, 7) is 1.40. The minimum Gasteiger partial charge on any atom is -0.309 e. The van der Waals surface area contributed by atoms with E-state index in [1.165, 1.54) is 17.8 Å². The molecule has 8 nitrogen and oxygen atoms in total.